The molecular formula is C28H45N3O6S. The smallest absolute Gasteiger partial charge is 0.408 e. The maximum atomic E-state index is 14.4. The number of nitrogens with zero attached hydrogens (tertiary/aromatic N) is 1. The van der Waals surface area contributed by atoms with E-state index in [1.165, 1.54) is 7.11 Å². The van der Waals surface area contributed by atoms with Gasteiger partial charge < -0.3 is 25.0 Å². The van der Waals surface area contributed by atoms with Crippen molar-refractivity contribution in [2.24, 2.45) is 0 Å². The summed E-state index contributed by atoms with van der Waals surface area (Å²) in [5, 5.41) is 5.40. The molecule has 2 atom stereocenters. The number of alkyl carbamates (subject to hydrolysis) is 1. The van der Waals surface area contributed by atoms with E-state index in [0.717, 1.165) is 11.1 Å². The number of hydrogen-bond acceptors (Lipinski definition) is 7. The third-order valence-electron chi connectivity index (χ3n) is 6.31. The maximum absolute atomic E-state index is 14.4. The zero-order valence-electron chi connectivity index (χ0n) is 24.5. The van der Waals surface area contributed by atoms with E-state index in [4.69, 9.17) is 9.47 Å². The Hall–Kier alpha value is -2.75. The fourth-order valence-corrected chi connectivity index (χ4v) is 4.49. The molecule has 0 bridgehead atoms. The molecule has 1 aromatic carbocycles. The van der Waals surface area contributed by atoms with Gasteiger partial charge >= 0.3 is 12.1 Å². The summed E-state index contributed by atoms with van der Waals surface area (Å²) in [7, 11) is 1.24. The van der Waals surface area contributed by atoms with Crippen molar-refractivity contribution in [3.8, 4) is 0 Å². The largest absolute Gasteiger partial charge is 0.468 e. The molecule has 0 spiro atoms. The maximum Gasteiger partial charge on any atom is 0.408 e. The highest BCUT2D eigenvalue weighted by Gasteiger charge is 2.44. The molecular weight excluding hydrogens is 506 g/mol. The summed E-state index contributed by atoms with van der Waals surface area (Å²) in [4.78, 5) is 54.3. The Balaban J connectivity index is 3.71. The lowest BCUT2D eigenvalue weighted by molar-refractivity contribution is -0.150. The van der Waals surface area contributed by atoms with Gasteiger partial charge in [0, 0.05) is 5.54 Å². The summed E-state index contributed by atoms with van der Waals surface area (Å²) >= 11 is 1.55. The van der Waals surface area contributed by atoms with Crippen LogP contribution in [0.3, 0.4) is 0 Å². The van der Waals surface area contributed by atoms with Gasteiger partial charge in [-0.15, -0.1) is 0 Å². The Morgan fingerprint density at radius 2 is 1.63 bits per heavy atom. The van der Waals surface area contributed by atoms with E-state index in [9.17, 15) is 19.2 Å². The summed E-state index contributed by atoms with van der Waals surface area (Å²) in [6, 6.07) is 3.67. The van der Waals surface area contributed by atoms with Gasteiger partial charge in [0.1, 0.15) is 24.2 Å². The van der Waals surface area contributed by atoms with Crippen LogP contribution in [0.4, 0.5) is 4.79 Å². The summed E-state index contributed by atoms with van der Waals surface area (Å²) in [6.45, 7) is 14.4. The van der Waals surface area contributed by atoms with Crippen LogP contribution < -0.4 is 10.6 Å². The minimum absolute atomic E-state index is 0.336. The molecule has 1 rings (SSSR count). The molecule has 0 fully saturated rings. The number of hydrogen-bond donors (Lipinski definition) is 2. The van der Waals surface area contributed by atoms with Crippen LogP contribution in [0.1, 0.15) is 77.1 Å². The third-order valence-corrected chi connectivity index (χ3v) is 6.96. The first-order valence-electron chi connectivity index (χ1n) is 12.8. The minimum Gasteiger partial charge on any atom is -0.468 e. The Labute approximate surface area is 231 Å². The van der Waals surface area contributed by atoms with E-state index >= 15 is 0 Å². The molecule has 0 saturated heterocycles. The standard InChI is InChI=1S/C28H45N3O6S/c1-11-28(7,8)31(25(34)20(15-16-38-10)30-26(35)37-27(4,5)6)23(24(33)29-17-21(32)36-9)22-18(2)13-12-14-19(22)3/h12-14,20,23H,11,15-17H2,1-10H3,(H,29,33)(H,30,35). The Bertz CT molecular complexity index is 969. The molecule has 0 radical (unpaired) electrons. The van der Waals surface area contributed by atoms with Crippen LogP contribution in [0.15, 0.2) is 18.2 Å². The number of amides is 3. The SMILES string of the molecule is CCC(C)(C)N(C(=O)C(CCSC)NC(=O)OC(C)(C)C)C(C(=O)NCC(=O)OC)c1c(C)cccc1C. The van der Waals surface area contributed by atoms with Crippen LogP contribution in [0.25, 0.3) is 0 Å². The normalized spacial score (nSPS) is 13.2. The van der Waals surface area contributed by atoms with E-state index < -0.39 is 47.1 Å². The zero-order valence-corrected chi connectivity index (χ0v) is 25.3. The predicted octanol–water partition coefficient (Wildman–Crippen LogP) is 4.30. The number of esters is 1. The van der Waals surface area contributed by atoms with Gasteiger partial charge in [-0.25, -0.2) is 4.79 Å². The third kappa shape index (κ3) is 9.53. The van der Waals surface area contributed by atoms with Crippen molar-refractivity contribution >= 4 is 35.6 Å². The predicted molar refractivity (Wildman–Crippen MR) is 151 cm³/mol. The van der Waals surface area contributed by atoms with Crippen molar-refractivity contribution in [3.63, 3.8) is 0 Å². The molecule has 0 aliphatic heterocycles. The van der Waals surface area contributed by atoms with E-state index in [2.05, 4.69) is 10.6 Å². The van der Waals surface area contributed by atoms with Crippen LogP contribution in [0.5, 0.6) is 0 Å². The first-order chi connectivity index (χ1) is 17.6. The summed E-state index contributed by atoms with van der Waals surface area (Å²) < 4.78 is 10.1. The van der Waals surface area contributed by atoms with Crippen molar-refractivity contribution in [1.29, 1.82) is 0 Å². The first kappa shape index (κ1) is 33.3. The molecule has 214 valence electrons. The second kappa shape index (κ2) is 14.4. The molecule has 9 nitrogen and oxygen atoms in total. The molecule has 10 heteroatoms. The molecule has 0 heterocycles. The van der Waals surface area contributed by atoms with E-state index in [1.54, 1.807) is 37.4 Å². The van der Waals surface area contributed by atoms with Crippen LogP contribution >= 0.6 is 11.8 Å². The van der Waals surface area contributed by atoms with Gasteiger partial charge in [0.15, 0.2) is 0 Å². The molecule has 38 heavy (non-hydrogen) atoms. The second-order valence-electron chi connectivity index (χ2n) is 10.9. The summed E-state index contributed by atoms with van der Waals surface area (Å²) in [6.07, 6.45) is 2.10. The summed E-state index contributed by atoms with van der Waals surface area (Å²) in [5.41, 5.74) is 0.799. The number of ether oxygens (including phenoxy) is 2. The van der Waals surface area contributed by atoms with E-state index in [0.29, 0.717) is 24.2 Å². The molecule has 2 N–H and O–H groups in total. The average molecular weight is 552 g/mol. The Kier molecular flexibility index (Phi) is 12.6. The van der Waals surface area contributed by atoms with Gasteiger partial charge in [-0.3, -0.25) is 14.4 Å². The van der Waals surface area contributed by atoms with Crippen molar-refractivity contribution < 1.29 is 28.7 Å². The highest BCUT2D eigenvalue weighted by molar-refractivity contribution is 7.98. The van der Waals surface area contributed by atoms with Gasteiger partial charge in [0.2, 0.25) is 11.8 Å². The second-order valence-corrected chi connectivity index (χ2v) is 11.8. The van der Waals surface area contributed by atoms with Gasteiger partial charge in [-0.2, -0.15) is 11.8 Å². The Morgan fingerprint density at radius 3 is 2.11 bits per heavy atom. The van der Waals surface area contributed by atoms with Crippen molar-refractivity contribution in [3.05, 3.63) is 34.9 Å². The summed E-state index contributed by atoms with van der Waals surface area (Å²) in [5.74, 6) is -0.910. The van der Waals surface area contributed by atoms with Crippen LogP contribution in [-0.4, -0.2) is 71.6 Å². The molecule has 0 aliphatic rings. The number of nitrogens with one attached hydrogen (secondary N) is 2. The highest BCUT2D eigenvalue weighted by atomic mass is 32.2. The quantitative estimate of drug-likeness (QED) is 0.372. The van der Waals surface area contributed by atoms with Crippen LogP contribution in [0, 0.1) is 13.8 Å². The van der Waals surface area contributed by atoms with Crippen LogP contribution in [0.2, 0.25) is 0 Å². The number of benzene rings is 1. The highest BCUT2D eigenvalue weighted by Crippen LogP contribution is 2.35. The molecule has 1 aromatic rings. The zero-order chi connectivity index (χ0) is 29.3. The van der Waals surface area contributed by atoms with Gasteiger partial charge in [-0.1, -0.05) is 25.1 Å². The molecule has 3 amide bonds. The number of methoxy groups -OCH3 is 1. The number of aryl methyl sites for hydroxylation is 2. The molecule has 0 aliphatic carbocycles. The van der Waals surface area contributed by atoms with Gasteiger partial charge in [0.05, 0.1) is 7.11 Å². The van der Waals surface area contributed by atoms with Crippen molar-refractivity contribution in [1.82, 2.24) is 15.5 Å². The fourth-order valence-electron chi connectivity index (χ4n) is 4.02. The van der Waals surface area contributed by atoms with E-state index in [-0.39, 0.29) is 6.54 Å². The first-order valence-corrected chi connectivity index (χ1v) is 14.2. The van der Waals surface area contributed by atoms with Crippen molar-refractivity contribution in [2.45, 2.75) is 91.5 Å². The average Bonchev–Trinajstić information content (AvgIpc) is 2.82. The molecule has 2 unspecified atom stereocenters. The van der Waals surface area contributed by atoms with E-state index in [1.807, 2.05) is 59.1 Å². The molecule has 0 aromatic heterocycles. The van der Waals surface area contributed by atoms with Gasteiger partial charge in [0.25, 0.3) is 0 Å². The van der Waals surface area contributed by atoms with Crippen molar-refractivity contribution in [2.75, 3.05) is 25.7 Å². The monoisotopic (exact) mass is 551 g/mol. The molecule has 0 saturated carbocycles. The Morgan fingerprint density at radius 1 is 1.05 bits per heavy atom. The lowest BCUT2D eigenvalue weighted by Crippen LogP contribution is -2.59. The topological polar surface area (TPSA) is 114 Å². The van der Waals surface area contributed by atoms with Gasteiger partial charge in [-0.05, 0) is 90.0 Å². The fraction of sp³-hybridized carbons (Fsp3) is 0.643. The minimum atomic E-state index is -1.06. The lowest BCUT2D eigenvalue weighted by atomic mass is 9.88. The number of carbonyl (C=O) groups excluding carboxylic acids is 4. The number of thioether (sulfide) groups is 1. The number of carbonyl (C=O) groups is 4. The van der Waals surface area contributed by atoms with Crippen LogP contribution in [-0.2, 0) is 23.9 Å². The number of rotatable bonds is 12. The lowest BCUT2D eigenvalue weighted by Gasteiger charge is -2.45.